The van der Waals surface area contributed by atoms with E-state index in [2.05, 4.69) is 5.32 Å². The lowest BCUT2D eigenvalue weighted by molar-refractivity contribution is 0.412. The minimum atomic E-state index is -0.169. The monoisotopic (exact) mass is 273 g/mol. The topological polar surface area (TPSA) is 21.3 Å². The number of anilines is 1. The lowest BCUT2D eigenvalue weighted by atomic mass is 10.0. The number of methoxy groups -OCH3 is 1. The van der Waals surface area contributed by atoms with E-state index < -0.39 is 0 Å². The minimum absolute atomic E-state index is 0.0380. The molecule has 0 aliphatic rings. The largest absolute Gasteiger partial charge is 0.496 e. The van der Waals surface area contributed by atoms with E-state index in [0.29, 0.717) is 5.56 Å². The van der Waals surface area contributed by atoms with E-state index in [1.54, 1.807) is 13.2 Å². The molecule has 2 aromatic rings. The maximum atomic E-state index is 13.9. The third-order valence-corrected chi connectivity index (χ3v) is 3.42. The van der Waals surface area contributed by atoms with E-state index >= 15 is 0 Å². The third-order valence-electron chi connectivity index (χ3n) is 3.42. The summed E-state index contributed by atoms with van der Waals surface area (Å²) in [5.41, 5.74) is 2.72. The molecule has 0 aliphatic heterocycles. The number of benzene rings is 2. The van der Waals surface area contributed by atoms with Crippen molar-refractivity contribution in [2.75, 3.05) is 12.4 Å². The van der Waals surface area contributed by atoms with E-state index in [4.69, 9.17) is 4.74 Å². The quantitative estimate of drug-likeness (QED) is 0.852. The lowest BCUT2D eigenvalue weighted by Crippen LogP contribution is -2.11. The Balaban J connectivity index is 2.23. The summed E-state index contributed by atoms with van der Waals surface area (Å²) in [6, 6.07) is 12.8. The Hall–Kier alpha value is -2.03. The van der Waals surface area contributed by atoms with Crippen LogP contribution in [0.25, 0.3) is 0 Å². The molecule has 2 rings (SSSR count). The van der Waals surface area contributed by atoms with Crippen molar-refractivity contribution in [3.8, 4) is 5.75 Å². The van der Waals surface area contributed by atoms with Crippen molar-refractivity contribution in [3.05, 3.63) is 59.4 Å². The van der Waals surface area contributed by atoms with Gasteiger partial charge in [-0.1, -0.05) is 25.1 Å². The Morgan fingerprint density at radius 2 is 1.95 bits per heavy atom. The first-order valence-corrected chi connectivity index (χ1v) is 6.81. The van der Waals surface area contributed by atoms with Crippen molar-refractivity contribution in [2.45, 2.75) is 26.3 Å². The van der Waals surface area contributed by atoms with Crippen molar-refractivity contribution in [3.63, 3.8) is 0 Å². The highest BCUT2D eigenvalue weighted by Crippen LogP contribution is 2.27. The fourth-order valence-electron chi connectivity index (χ4n) is 2.33. The molecule has 0 saturated heterocycles. The fraction of sp³-hybridized carbons (Fsp3) is 0.294. The summed E-state index contributed by atoms with van der Waals surface area (Å²) in [5, 5.41) is 3.38. The van der Waals surface area contributed by atoms with Gasteiger partial charge in [-0.3, -0.25) is 0 Å². The molecule has 1 atom stereocenters. The summed E-state index contributed by atoms with van der Waals surface area (Å²) in [4.78, 5) is 0. The van der Waals surface area contributed by atoms with E-state index in [0.717, 1.165) is 23.4 Å². The van der Waals surface area contributed by atoms with Gasteiger partial charge in [-0.2, -0.15) is 0 Å². The molecule has 2 aromatic carbocycles. The number of aryl methyl sites for hydroxylation is 1. The van der Waals surface area contributed by atoms with Crippen LogP contribution in [0.3, 0.4) is 0 Å². The van der Waals surface area contributed by atoms with Crippen molar-refractivity contribution >= 4 is 5.69 Å². The second-order valence-electron chi connectivity index (χ2n) is 4.81. The van der Waals surface area contributed by atoms with Crippen molar-refractivity contribution < 1.29 is 9.13 Å². The first-order chi connectivity index (χ1) is 9.65. The van der Waals surface area contributed by atoms with Crippen LogP contribution in [0, 0.1) is 12.7 Å². The molecule has 0 aromatic heterocycles. The van der Waals surface area contributed by atoms with Gasteiger partial charge in [-0.15, -0.1) is 0 Å². The second-order valence-corrected chi connectivity index (χ2v) is 4.81. The van der Waals surface area contributed by atoms with Crippen molar-refractivity contribution in [2.24, 2.45) is 0 Å². The van der Waals surface area contributed by atoms with Crippen LogP contribution < -0.4 is 10.1 Å². The Morgan fingerprint density at radius 3 is 2.55 bits per heavy atom. The molecule has 0 radical (unpaired) electrons. The molecule has 3 heteroatoms. The van der Waals surface area contributed by atoms with E-state index in [-0.39, 0.29) is 11.9 Å². The number of nitrogens with one attached hydrogen (secondary N) is 1. The highest BCUT2D eigenvalue weighted by molar-refractivity contribution is 5.52. The van der Waals surface area contributed by atoms with Crippen molar-refractivity contribution in [1.82, 2.24) is 0 Å². The molecule has 0 aliphatic carbocycles. The normalized spacial score (nSPS) is 12.0. The van der Waals surface area contributed by atoms with Crippen LogP contribution in [0.15, 0.2) is 42.5 Å². The summed E-state index contributed by atoms with van der Waals surface area (Å²) in [5.74, 6) is 0.687. The zero-order chi connectivity index (χ0) is 14.5. The summed E-state index contributed by atoms with van der Waals surface area (Å²) < 4.78 is 19.1. The predicted octanol–water partition coefficient (Wildman–Crippen LogP) is 4.71. The summed E-state index contributed by atoms with van der Waals surface area (Å²) in [6.45, 7) is 4.04. The second kappa shape index (κ2) is 6.42. The Kier molecular flexibility index (Phi) is 4.61. The number of ether oxygens (including phenoxy) is 1. The SMILES string of the molecule is CCC(Nc1ccc(OC)c(C)c1)c1ccccc1F. The zero-order valence-electron chi connectivity index (χ0n) is 12.1. The van der Waals surface area contributed by atoms with Crippen LogP contribution in [0.4, 0.5) is 10.1 Å². The smallest absolute Gasteiger partial charge is 0.128 e. The zero-order valence-corrected chi connectivity index (χ0v) is 12.1. The molecular weight excluding hydrogens is 253 g/mol. The Morgan fingerprint density at radius 1 is 1.20 bits per heavy atom. The number of hydrogen-bond donors (Lipinski definition) is 1. The van der Waals surface area contributed by atoms with Gasteiger partial charge < -0.3 is 10.1 Å². The molecule has 106 valence electrons. The van der Waals surface area contributed by atoms with E-state index in [9.17, 15) is 4.39 Å². The first-order valence-electron chi connectivity index (χ1n) is 6.81. The van der Waals surface area contributed by atoms with Crippen LogP contribution in [-0.2, 0) is 0 Å². The van der Waals surface area contributed by atoms with Gasteiger partial charge in [0.15, 0.2) is 0 Å². The molecular formula is C17H20FNO. The van der Waals surface area contributed by atoms with Crippen LogP contribution in [-0.4, -0.2) is 7.11 Å². The van der Waals surface area contributed by atoms with Gasteiger partial charge in [-0.05, 0) is 43.2 Å². The summed E-state index contributed by atoms with van der Waals surface area (Å²) >= 11 is 0. The number of rotatable bonds is 5. The van der Waals surface area contributed by atoms with Gasteiger partial charge in [0.05, 0.1) is 13.2 Å². The highest BCUT2D eigenvalue weighted by atomic mass is 19.1. The molecule has 1 unspecified atom stereocenters. The van der Waals surface area contributed by atoms with Crippen molar-refractivity contribution in [1.29, 1.82) is 0 Å². The molecule has 0 fully saturated rings. The number of hydrogen-bond acceptors (Lipinski definition) is 2. The summed E-state index contributed by atoms with van der Waals surface area (Å²) in [7, 11) is 1.66. The molecule has 20 heavy (non-hydrogen) atoms. The van der Waals surface area contributed by atoms with Gasteiger partial charge in [0, 0.05) is 11.3 Å². The molecule has 0 saturated carbocycles. The Labute approximate surface area is 119 Å². The fourth-order valence-corrected chi connectivity index (χ4v) is 2.33. The van der Waals surface area contributed by atoms with E-state index in [1.807, 2.05) is 44.2 Å². The van der Waals surface area contributed by atoms with Gasteiger partial charge >= 0.3 is 0 Å². The van der Waals surface area contributed by atoms with Crippen LogP contribution in [0.5, 0.6) is 5.75 Å². The maximum Gasteiger partial charge on any atom is 0.128 e. The van der Waals surface area contributed by atoms with Crippen LogP contribution >= 0.6 is 0 Å². The molecule has 1 N–H and O–H groups in total. The molecule has 0 bridgehead atoms. The van der Waals surface area contributed by atoms with Crippen LogP contribution in [0.1, 0.15) is 30.5 Å². The molecule has 2 nitrogen and oxygen atoms in total. The molecule has 0 heterocycles. The average molecular weight is 273 g/mol. The predicted molar refractivity (Wildman–Crippen MR) is 80.8 cm³/mol. The average Bonchev–Trinajstić information content (AvgIpc) is 2.46. The van der Waals surface area contributed by atoms with Gasteiger partial charge in [-0.25, -0.2) is 4.39 Å². The molecule has 0 spiro atoms. The van der Waals surface area contributed by atoms with Crippen LogP contribution in [0.2, 0.25) is 0 Å². The molecule has 0 amide bonds. The minimum Gasteiger partial charge on any atom is -0.496 e. The summed E-state index contributed by atoms with van der Waals surface area (Å²) in [6.07, 6.45) is 0.812. The third kappa shape index (κ3) is 3.10. The van der Waals surface area contributed by atoms with E-state index in [1.165, 1.54) is 6.07 Å². The Bertz CT molecular complexity index is 583. The number of halogens is 1. The standard InChI is InChI=1S/C17H20FNO/c1-4-16(14-7-5-6-8-15(14)18)19-13-9-10-17(20-3)12(2)11-13/h5-11,16,19H,4H2,1-3H3. The maximum absolute atomic E-state index is 13.9. The van der Waals surface area contributed by atoms with Gasteiger partial charge in [0.2, 0.25) is 0 Å². The lowest BCUT2D eigenvalue weighted by Gasteiger charge is -2.20. The highest BCUT2D eigenvalue weighted by Gasteiger charge is 2.13. The van der Waals surface area contributed by atoms with Gasteiger partial charge in [0.1, 0.15) is 11.6 Å². The van der Waals surface area contributed by atoms with Gasteiger partial charge in [0.25, 0.3) is 0 Å². The first kappa shape index (κ1) is 14.4.